The van der Waals surface area contributed by atoms with Gasteiger partial charge in [-0.3, -0.25) is 4.79 Å². The minimum Gasteiger partial charge on any atom is -0.495 e. The molecule has 1 aromatic heterocycles. The molecule has 0 aliphatic rings. The van der Waals surface area contributed by atoms with Crippen molar-refractivity contribution in [2.45, 2.75) is 6.54 Å². The Bertz CT molecular complexity index is 583. The monoisotopic (exact) mass is 282 g/mol. The van der Waals surface area contributed by atoms with Gasteiger partial charge in [0.05, 0.1) is 12.1 Å². The summed E-state index contributed by atoms with van der Waals surface area (Å²) in [5.74, 6) is 0.303. The normalized spacial score (nSPS) is 10.4. The summed E-state index contributed by atoms with van der Waals surface area (Å²) in [5.41, 5.74) is 6.35. The number of rotatable bonds is 4. The molecule has 94 valence electrons. The standard InChI is InChI=1S/C12H11ClN2O2S/c1-17-10-4-7(2-3-8(10)13)12(16)9-6-18-11(5-14)15-9/h2-4,6H,5,14H2,1H3. The molecule has 0 saturated heterocycles. The molecular formula is C12H11ClN2O2S. The number of carbonyl (C=O) groups is 1. The van der Waals surface area contributed by atoms with E-state index in [-0.39, 0.29) is 5.78 Å². The number of carbonyl (C=O) groups excluding carboxylic acids is 1. The number of ketones is 1. The number of halogens is 1. The van der Waals surface area contributed by atoms with Gasteiger partial charge in [0, 0.05) is 17.5 Å². The molecule has 18 heavy (non-hydrogen) atoms. The van der Waals surface area contributed by atoms with Gasteiger partial charge in [-0.05, 0) is 18.2 Å². The fraction of sp³-hybridized carbons (Fsp3) is 0.167. The van der Waals surface area contributed by atoms with E-state index in [4.69, 9.17) is 22.1 Å². The Hall–Kier alpha value is -1.43. The minimum absolute atomic E-state index is 0.166. The fourth-order valence-corrected chi connectivity index (χ4v) is 2.31. The first-order valence-electron chi connectivity index (χ1n) is 5.18. The van der Waals surface area contributed by atoms with Crippen molar-refractivity contribution in [2.24, 2.45) is 5.73 Å². The maximum atomic E-state index is 12.2. The molecule has 0 bridgehead atoms. The maximum absolute atomic E-state index is 12.2. The molecule has 0 aliphatic heterocycles. The van der Waals surface area contributed by atoms with Crippen LogP contribution in [0.25, 0.3) is 0 Å². The molecule has 0 aliphatic carbocycles. The van der Waals surface area contributed by atoms with E-state index in [0.29, 0.717) is 28.6 Å². The SMILES string of the molecule is COc1cc(C(=O)c2csc(CN)n2)ccc1Cl. The van der Waals surface area contributed by atoms with Gasteiger partial charge in [-0.25, -0.2) is 4.98 Å². The second kappa shape index (κ2) is 5.48. The van der Waals surface area contributed by atoms with Crippen LogP contribution >= 0.6 is 22.9 Å². The molecule has 0 radical (unpaired) electrons. The molecule has 0 amide bonds. The molecule has 4 nitrogen and oxygen atoms in total. The van der Waals surface area contributed by atoms with E-state index in [2.05, 4.69) is 4.98 Å². The summed E-state index contributed by atoms with van der Waals surface area (Å²) in [4.78, 5) is 16.3. The van der Waals surface area contributed by atoms with Crippen LogP contribution in [-0.2, 0) is 6.54 Å². The van der Waals surface area contributed by atoms with Gasteiger partial charge in [0.2, 0.25) is 5.78 Å². The first-order chi connectivity index (χ1) is 8.65. The highest BCUT2D eigenvalue weighted by Gasteiger charge is 2.14. The highest BCUT2D eigenvalue weighted by molar-refractivity contribution is 7.09. The first kappa shape index (κ1) is 13.0. The van der Waals surface area contributed by atoms with Crippen molar-refractivity contribution >= 4 is 28.7 Å². The van der Waals surface area contributed by atoms with Crippen LogP contribution in [0, 0.1) is 0 Å². The van der Waals surface area contributed by atoms with Crippen molar-refractivity contribution in [1.82, 2.24) is 4.98 Å². The number of ether oxygens (including phenoxy) is 1. The third kappa shape index (κ3) is 2.53. The van der Waals surface area contributed by atoms with Crippen LogP contribution in [0.4, 0.5) is 0 Å². The van der Waals surface area contributed by atoms with Gasteiger partial charge >= 0.3 is 0 Å². The van der Waals surface area contributed by atoms with Crippen LogP contribution in [0.2, 0.25) is 5.02 Å². The summed E-state index contributed by atoms with van der Waals surface area (Å²) in [6, 6.07) is 4.88. The highest BCUT2D eigenvalue weighted by Crippen LogP contribution is 2.26. The van der Waals surface area contributed by atoms with Gasteiger partial charge in [-0.2, -0.15) is 0 Å². The summed E-state index contributed by atoms with van der Waals surface area (Å²) >= 11 is 7.28. The third-order valence-corrected chi connectivity index (χ3v) is 3.56. The Morgan fingerprint density at radius 3 is 2.94 bits per heavy atom. The van der Waals surface area contributed by atoms with Crippen LogP contribution < -0.4 is 10.5 Å². The van der Waals surface area contributed by atoms with Crippen molar-refractivity contribution < 1.29 is 9.53 Å². The molecular weight excluding hydrogens is 272 g/mol. The quantitative estimate of drug-likeness (QED) is 0.875. The summed E-state index contributed by atoms with van der Waals surface area (Å²) < 4.78 is 5.08. The second-order valence-corrected chi connectivity index (χ2v) is 4.86. The Labute approximate surface area is 113 Å². The summed E-state index contributed by atoms with van der Waals surface area (Å²) in [6.45, 7) is 0.335. The molecule has 0 unspecified atom stereocenters. The van der Waals surface area contributed by atoms with Crippen molar-refractivity contribution in [3.05, 3.63) is 44.9 Å². The Kier molecular flexibility index (Phi) is 3.96. The molecule has 1 aromatic carbocycles. The lowest BCUT2D eigenvalue weighted by atomic mass is 10.1. The van der Waals surface area contributed by atoms with E-state index in [1.54, 1.807) is 23.6 Å². The summed E-state index contributed by atoms with van der Waals surface area (Å²) in [5, 5.41) is 2.90. The largest absolute Gasteiger partial charge is 0.495 e. The van der Waals surface area contributed by atoms with Crippen LogP contribution in [-0.4, -0.2) is 17.9 Å². The van der Waals surface area contributed by atoms with Gasteiger partial charge in [0.25, 0.3) is 0 Å². The number of thiazole rings is 1. The van der Waals surface area contributed by atoms with Gasteiger partial charge in [-0.1, -0.05) is 11.6 Å². The van der Waals surface area contributed by atoms with E-state index in [1.165, 1.54) is 18.4 Å². The van der Waals surface area contributed by atoms with E-state index >= 15 is 0 Å². The molecule has 2 N–H and O–H groups in total. The van der Waals surface area contributed by atoms with Gasteiger partial charge < -0.3 is 10.5 Å². The zero-order valence-electron chi connectivity index (χ0n) is 9.64. The molecule has 2 rings (SSSR count). The predicted molar refractivity (Wildman–Crippen MR) is 71.4 cm³/mol. The summed E-state index contributed by atoms with van der Waals surface area (Å²) in [7, 11) is 1.50. The number of aromatic nitrogens is 1. The zero-order chi connectivity index (χ0) is 13.1. The molecule has 0 atom stereocenters. The number of hydrogen-bond acceptors (Lipinski definition) is 5. The van der Waals surface area contributed by atoms with Crippen LogP contribution in [0.3, 0.4) is 0 Å². The number of hydrogen-bond donors (Lipinski definition) is 1. The molecule has 0 saturated carbocycles. The van der Waals surface area contributed by atoms with Gasteiger partial charge in [0.15, 0.2) is 0 Å². The van der Waals surface area contributed by atoms with Crippen molar-refractivity contribution in [3.63, 3.8) is 0 Å². The van der Waals surface area contributed by atoms with E-state index in [1.807, 2.05) is 0 Å². The van der Waals surface area contributed by atoms with E-state index < -0.39 is 0 Å². The maximum Gasteiger partial charge on any atom is 0.212 e. The van der Waals surface area contributed by atoms with Crippen LogP contribution in [0.1, 0.15) is 21.1 Å². The number of nitrogens with two attached hydrogens (primary N) is 1. The van der Waals surface area contributed by atoms with Gasteiger partial charge in [-0.15, -0.1) is 11.3 Å². The molecule has 1 heterocycles. The topological polar surface area (TPSA) is 65.2 Å². The lowest BCUT2D eigenvalue weighted by Crippen LogP contribution is -2.03. The highest BCUT2D eigenvalue weighted by atomic mass is 35.5. The lowest BCUT2D eigenvalue weighted by molar-refractivity contribution is 0.103. The summed E-state index contributed by atoms with van der Waals surface area (Å²) in [6.07, 6.45) is 0. The third-order valence-electron chi connectivity index (χ3n) is 2.37. The van der Waals surface area contributed by atoms with E-state index in [0.717, 1.165) is 5.01 Å². The van der Waals surface area contributed by atoms with Gasteiger partial charge in [0.1, 0.15) is 16.5 Å². The zero-order valence-corrected chi connectivity index (χ0v) is 11.2. The average molecular weight is 283 g/mol. The Morgan fingerprint density at radius 1 is 1.56 bits per heavy atom. The first-order valence-corrected chi connectivity index (χ1v) is 6.44. The minimum atomic E-state index is -0.166. The smallest absolute Gasteiger partial charge is 0.212 e. The Morgan fingerprint density at radius 2 is 2.33 bits per heavy atom. The molecule has 0 spiro atoms. The molecule has 0 fully saturated rings. The average Bonchev–Trinajstić information content (AvgIpc) is 2.87. The number of methoxy groups -OCH3 is 1. The van der Waals surface area contributed by atoms with Crippen molar-refractivity contribution in [3.8, 4) is 5.75 Å². The van der Waals surface area contributed by atoms with Crippen LogP contribution in [0.5, 0.6) is 5.75 Å². The van der Waals surface area contributed by atoms with Crippen molar-refractivity contribution in [2.75, 3.05) is 7.11 Å². The van der Waals surface area contributed by atoms with Crippen molar-refractivity contribution in [1.29, 1.82) is 0 Å². The lowest BCUT2D eigenvalue weighted by Gasteiger charge is -2.04. The number of benzene rings is 1. The van der Waals surface area contributed by atoms with Crippen LogP contribution in [0.15, 0.2) is 23.6 Å². The number of nitrogens with zero attached hydrogens (tertiary/aromatic N) is 1. The molecule has 2 aromatic rings. The molecule has 6 heteroatoms. The fourth-order valence-electron chi connectivity index (χ4n) is 1.46. The second-order valence-electron chi connectivity index (χ2n) is 3.51. The van der Waals surface area contributed by atoms with E-state index in [9.17, 15) is 4.79 Å². The predicted octanol–water partition coefficient (Wildman–Crippen LogP) is 2.49. The Balaban J connectivity index is 2.33.